The van der Waals surface area contributed by atoms with Crippen molar-refractivity contribution < 1.29 is 14.3 Å². The first kappa shape index (κ1) is 20.4. The fourth-order valence-corrected chi connectivity index (χ4v) is 3.41. The Morgan fingerprint density at radius 3 is 2.93 bits per heavy atom. The van der Waals surface area contributed by atoms with E-state index in [0.29, 0.717) is 10.8 Å². The number of carbonyl (C=O) groups is 1. The van der Waals surface area contributed by atoms with E-state index in [4.69, 9.17) is 21.1 Å². The van der Waals surface area contributed by atoms with E-state index in [1.165, 1.54) is 0 Å². The van der Waals surface area contributed by atoms with Gasteiger partial charge < -0.3 is 14.0 Å². The van der Waals surface area contributed by atoms with Crippen molar-refractivity contribution in [3.8, 4) is 5.75 Å². The van der Waals surface area contributed by atoms with Crippen LogP contribution in [0, 0.1) is 20.8 Å². The Morgan fingerprint density at radius 2 is 2.21 bits per heavy atom. The van der Waals surface area contributed by atoms with Gasteiger partial charge in [0.2, 0.25) is 0 Å². The normalized spacial score (nSPS) is 16.6. The second kappa shape index (κ2) is 9.26. The fraction of sp³-hybridized carbons (Fsp3) is 0.429. The predicted octanol–water partition coefficient (Wildman–Crippen LogP) is 3.77. The van der Waals surface area contributed by atoms with Crippen LogP contribution >= 0.6 is 11.6 Å². The summed E-state index contributed by atoms with van der Waals surface area (Å²) in [5.41, 5.74) is 6.64. The van der Waals surface area contributed by atoms with Crippen molar-refractivity contribution in [2.45, 2.75) is 46.3 Å². The maximum Gasteiger partial charge on any atom is 0.277 e. The number of carbonyl (C=O) groups excluding carboxylic acids is 1. The summed E-state index contributed by atoms with van der Waals surface area (Å²) in [6.45, 7) is 7.59. The average molecular weight is 404 g/mol. The number of benzene rings is 1. The Hall–Kier alpha value is -2.31. The Bertz CT molecular complexity index is 870. The number of aromatic nitrogens is 1. The Labute approximate surface area is 170 Å². The molecular weight excluding hydrogens is 378 g/mol. The molecule has 1 saturated heterocycles. The molecule has 1 fully saturated rings. The maximum absolute atomic E-state index is 11.9. The summed E-state index contributed by atoms with van der Waals surface area (Å²) in [4.78, 5) is 11.9. The highest BCUT2D eigenvalue weighted by molar-refractivity contribution is 6.31. The van der Waals surface area contributed by atoms with E-state index in [0.717, 1.165) is 48.5 Å². The van der Waals surface area contributed by atoms with Gasteiger partial charge in [-0.25, -0.2) is 5.43 Å². The highest BCUT2D eigenvalue weighted by Gasteiger charge is 2.18. The minimum atomic E-state index is -0.322. The predicted molar refractivity (Wildman–Crippen MR) is 110 cm³/mol. The van der Waals surface area contributed by atoms with Crippen molar-refractivity contribution in [1.29, 1.82) is 0 Å². The van der Waals surface area contributed by atoms with Crippen LogP contribution in [-0.4, -0.2) is 36.0 Å². The van der Waals surface area contributed by atoms with Gasteiger partial charge in [0.05, 0.1) is 12.3 Å². The summed E-state index contributed by atoms with van der Waals surface area (Å²) in [5.74, 6) is 0.274. The number of hydrogen-bond donors (Lipinski definition) is 1. The van der Waals surface area contributed by atoms with E-state index in [1.54, 1.807) is 24.4 Å². The molecule has 7 heteroatoms. The maximum atomic E-state index is 11.9. The highest BCUT2D eigenvalue weighted by Crippen LogP contribution is 2.21. The first-order valence-corrected chi connectivity index (χ1v) is 9.81. The zero-order valence-electron chi connectivity index (χ0n) is 16.5. The fourth-order valence-electron chi connectivity index (χ4n) is 3.29. The third-order valence-corrected chi connectivity index (χ3v) is 5.34. The molecule has 0 bridgehead atoms. The van der Waals surface area contributed by atoms with Crippen LogP contribution in [-0.2, 0) is 16.1 Å². The Morgan fingerprint density at radius 1 is 1.39 bits per heavy atom. The van der Waals surface area contributed by atoms with E-state index in [9.17, 15) is 4.79 Å². The first-order chi connectivity index (χ1) is 13.4. The average Bonchev–Trinajstić information content (AvgIpc) is 3.27. The van der Waals surface area contributed by atoms with Crippen LogP contribution < -0.4 is 10.2 Å². The zero-order valence-corrected chi connectivity index (χ0v) is 17.3. The highest BCUT2D eigenvalue weighted by atomic mass is 35.5. The largest absolute Gasteiger partial charge is 0.484 e. The smallest absolute Gasteiger partial charge is 0.277 e. The second-order valence-corrected chi connectivity index (χ2v) is 7.47. The number of aryl methyl sites for hydroxylation is 2. The number of rotatable bonds is 7. The molecule has 1 atom stereocenters. The standard InChI is InChI=1S/C21H26ClN3O3/c1-14-9-18(6-7-20(14)22)28-13-21(26)24-23-11-17-10-15(2)25(16(17)3)12-19-5-4-8-27-19/h6-7,9-11,19H,4-5,8,12-13H2,1-3H3,(H,24,26)/b23-11-/t19-/m1/s1. The minimum absolute atomic E-state index is 0.115. The molecule has 1 N–H and O–H groups in total. The molecule has 6 nitrogen and oxygen atoms in total. The minimum Gasteiger partial charge on any atom is -0.484 e. The lowest BCUT2D eigenvalue weighted by atomic mass is 10.2. The van der Waals surface area contributed by atoms with Gasteiger partial charge in [-0.15, -0.1) is 0 Å². The molecular formula is C21H26ClN3O3. The van der Waals surface area contributed by atoms with Gasteiger partial charge >= 0.3 is 0 Å². The molecule has 0 unspecified atom stereocenters. The molecule has 0 saturated carbocycles. The van der Waals surface area contributed by atoms with Gasteiger partial charge in [0.1, 0.15) is 5.75 Å². The molecule has 28 heavy (non-hydrogen) atoms. The van der Waals surface area contributed by atoms with E-state index in [1.807, 2.05) is 6.92 Å². The van der Waals surface area contributed by atoms with E-state index < -0.39 is 0 Å². The van der Waals surface area contributed by atoms with Crippen LogP contribution in [0.2, 0.25) is 5.02 Å². The van der Waals surface area contributed by atoms with Gasteiger partial charge in [0.25, 0.3) is 5.91 Å². The van der Waals surface area contributed by atoms with Crippen molar-refractivity contribution in [3.05, 3.63) is 51.8 Å². The number of ether oxygens (including phenoxy) is 2. The summed E-state index contributed by atoms with van der Waals surface area (Å²) < 4.78 is 13.4. The lowest BCUT2D eigenvalue weighted by Crippen LogP contribution is -2.24. The van der Waals surface area contributed by atoms with Gasteiger partial charge in [-0.1, -0.05) is 11.6 Å². The second-order valence-electron chi connectivity index (χ2n) is 7.06. The molecule has 150 valence electrons. The number of nitrogens with one attached hydrogen (secondary N) is 1. The number of nitrogens with zero attached hydrogens (tertiary/aromatic N) is 2. The molecule has 2 aromatic rings. The van der Waals surface area contributed by atoms with Crippen LogP contribution in [0.25, 0.3) is 0 Å². The number of amides is 1. The van der Waals surface area contributed by atoms with Gasteiger partial charge in [0, 0.05) is 35.1 Å². The number of hydrazone groups is 1. The summed E-state index contributed by atoms with van der Waals surface area (Å²) in [5, 5.41) is 4.73. The summed E-state index contributed by atoms with van der Waals surface area (Å²) >= 11 is 5.98. The quantitative estimate of drug-likeness (QED) is 0.565. The molecule has 1 aromatic heterocycles. The number of hydrogen-bond acceptors (Lipinski definition) is 4. The van der Waals surface area contributed by atoms with Gasteiger partial charge in [-0.2, -0.15) is 5.10 Å². The first-order valence-electron chi connectivity index (χ1n) is 9.43. The van der Waals surface area contributed by atoms with Crippen molar-refractivity contribution in [1.82, 2.24) is 9.99 Å². The molecule has 1 aliphatic rings. The summed E-state index contributed by atoms with van der Waals surface area (Å²) in [6, 6.07) is 7.33. The lowest BCUT2D eigenvalue weighted by Gasteiger charge is -2.14. The van der Waals surface area contributed by atoms with Gasteiger partial charge in [-0.3, -0.25) is 4.79 Å². The molecule has 1 amide bonds. The van der Waals surface area contributed by atoms with Crippen LogP contribution in [0.5, 0.6) is 5.75 Å². The molecule has 0 spiro atoms. The molecule has 0 aliphatic carbocycles. The topological polar surface area (TPSA) is 64.8 Å². The Balaban J connectivity index is 1.52. The summed E-state index contributed by atoms with van der Waals surface area (Å²) in [6.07, 6.45) is 4.17. The van der Waals surface area contributed by atoms with E-state index in [-0.39, 0.29) is 18.6 Å². The Kier molecular flexibility index (Phi) is 6.75. The van der Waals surface area contributed by atoms with E-state index in [2.05, 4.69) is 35.0 Å². The molecule has 1 aromatic carbocycles. The third-order valence-electron chi connectivity index (χ3n) is 4.92. The van der Waals surface area contributed by atoms with Gasteiger partial charge in [0.15, 0.2) is 6.61 Å². The van der Waals surface area contributed by atoms with Crippen LogP contribution in [0.3, 0.4) is 0 Å². The van der Waals surface area contributed by atoms with Crippen molar-refractivity contribution >= 4 is 23.7 Å². The van der Waals surface area contributed by atoms with Crippen LogP contribution in [0.4, 0.5) is 0 Å². The van der Waals surface area contributed by atoms with Crippen molar-refractivity contribution in [2.24, 2.45) is 5.10 Å². The van der Waals surface area contributed by atoms with Gasteiger partial charge in [-0.05, 0) is 63.4 Å². The third kappa shape index (κ3) is 5.14. The number of halogens is 1. The molecule has 3 rings (SSSR count). The van der Waals surface area contributed by atoms with Crippen LogP contribution in [0.1, 0.15) is 35.4 Å². The van der Waals surface area contributed by atoms with Crippen LogP contribution in [0.15, 0.2) is 29.4 Å². The zero-order chi connectivity index (χ0) is 20.1. The van der Waals surface area contributed by atoms with Crippen molar-refractivity contribution in [3.63, 3.8) is 0 Å². The summed E-state index contributed by atoms with van der Waals surface area (Å²) in [7, 11) is 0. The molecule has 2 heterocycles. The van der Waals surface area contributed by atoms with E-state index >= 15 is 0 Å². The molecule has 1 aliphatic heterocycles. The SMILES string of the molecule is Cc1cc(OCC(=O)N/N=C\c2cc(C)n(C[C@H]3CCCO3)c2C)ccc1Cl. The molecule has 0 radical (unpaired) electrons. The monoisotopic (exact) mass is 403 g/mol. The van der Waals surface area contributed by atoms with Crippen molar-refractivity contribution in [2.75, 3.05) is 13.2 Å². The lowest BCUT2D eigenvalue weighted by molar-refractivity contribution is -0.123.